The third kappa shape index (κ3) is 6.04. The Labute approximate surface area is 147 Å². The Hall–Kier alpha value is -1.25. The summed E-state index contributed by atoms with van der Waals surface area (Å²) in [5.41, 5.74) is 0.847. The van der Waals surface area contributed by atoms with Gasteiger partial charge in [-0.3, -0.25) is 0 Å². The SMILES string of the molecule is CC(=S)C(=CC(=O)Oc1ccccc1)N([Si](C)(C)C)[Si](C)(C)C. The van der Waals surface area contributed by atoms with E-state index in [1.165, 1.54) is 0 Å². The van der Waals surface area contributed by atoms with Crippen molar-refractivity contribution in [3.63, 3.8) is 0 Å². The van der Waals surface area contributed by atoms with Crippen molar-refractivity contribution in [1.82, 2.24) is 4.23 Å². The molecule has 0 unspecified atom stereocenters. The van der Waals surface area contributed by atoms with Crippen LogP contribution in [-0.2, 0) is 4.79 Å². The smallest absolute Gasteiger partial charge is 0.338 e. The molecule has 6 heteroatoms. The number of carbonyl (C=O) groups is 1. The van der Waals surface area contributed by atoms with Gasteiger partial charge in [-0.2, -0.15) is 0 Å². The Morgan fingerprint density at radius 3 is 1.91 bits per heavy atom. The van der Waals surface area contributed by atoms with Crippen LogP contribution < -0.4 is 4.74 Å². The number of benzene rings is 1. The highest BCUT2D eigenvalue weighted by atomic mass is 32.1. The molecule has 0 N–H and O–H groups in total. The highest BCUT2D eigenvalue weighted by Gasteiger charge is 2.36. The van der Waals surface area contributed by atoms with Crippen molar-refractivity contribution in [3.05, 3.63) is 42.1 Å². The van der Waals surface area contributed by atoms with Crippen LogP contribution in [0.3, 0.4) is 0 Å². The van der Waals surface area contributed by atoms with Crippen molar-refractivity contribution in [2.45, 2.75) is 46.2 Å². The predicted molar refractivity (Wildman–Crippen MR) is 107 cm³/mol. The van der Waals surface area contributed by atoms with Gasteiger partial charge in [-0.05, 0) is 19.1 Å². The number of para-hydroxylation sites is 1. The standard InChI is InChI=1S/C17H27NO2SSi2/c1-14(21)16(18(22(2,3)4)23(5,6)7)13-17(19)20-15-11-9-8-10-12-15/h8-13H,1-7H3. The van der Waals surface area contributed by atoms with Gasteiger partial charge < -0.3 is 8.97 Å². The second kappa shape index (κ2) is 7.55. The van der Waals surface area contributed by atoms with Gasteiger partial charge in [-0.15, -0.1) is 0 Å². The van der Waals surface area contributed by atoms with Gasteiger partial charge >= 0.3 is 5.97 Å². The maximum atomic E-state index is 12.3. The molecule has 0 atom stereocenters. The second-order valence-electron chi connectivity index (χ2n) is 7.50. The molecule has 0 bridgehead atoms. The Morgan fingerprint density at radius 2 is 1.52 bits per heavy atom. The van der Waals surface area contributed by atoms with E-state index in [-0.39, 0.29) is 5.97 Å². The molecule has 0 heterocycles. The summed E-state index contributed by atoms with van der Waals surface area (Å²) in [7, 11) is -3.35. The molecule has 126 valence electrons. The summed E-state index contributed by atoms with van der Waals surface area (Å²) >= 11 is 5.44. The van der Waals surface area contributed by atoms with Crippen molar-refractivity contribution in [3.8, 4) is 5.75 Å². The van der Waals surface area contributed by atoms with E-state index in [4.69, 9.17) is 17.0 Å². The van der Waals surface area contributed by atoms with E-state index in [9.17, 15) is 4.79 Å². The number of hydrogen-bond donors (Lipinski definition) is 0. The fraction of sp³-hybridized carbons (Fsp3) is 0.412. The van der Waals surface area contributed by atoms with Crippen molar-refractivity contribution in [2.75, 3.05) is 0 Å². The highest BCUT2D eigenvalue weighted by molar-refractivity contribution is 7.80. The molecule has 3 nitrogen and oxygen atoms in total. The lowest BCUT2D eigenvalue weighted by Gasteiger charge is -2.47. The Bertz CT molecular complexity index is 587. The molecule has 0 saturated heterocycles. The van der Waals surface area contributed by atoms with E-state index in [2.05, 4.69) is 43.5 Å². The number of esters is 1. The maximum absolute atomic E-state index is 12.3. The molecular formula is C17H27NO2SSi2. The van der Waals surface area contributed by atoms with Gasteiger partial charge in [0.1, 0.15) is 22.2 Å². The fourth-order valence-electron chi connectivity index (χ4n) is 2.80. The van der Waals surface area contributed by atoms with E-state index in [1.807, 2.05) is 25.1 Å². The minimum absolute atomic E-state index is 0.378. The molecule has 0 aliphatic rings. The van der Waals surface area contributed by atoms with E-state index in [0.29, 0.717) is 5.75 Å². The van der Waals surface area contributed by atoms with Gasteiger partial charge in [0, 0.05) is 16.6 Å². The number of thiocarbonyl (C=S) groups is 1. The van der Waals surface area contributed by atoms with E-state index >= 15 is 0 Å². The first kappa shape index (κ1) is 19.8. The van der Waals surface area contributed by atoms with Gasteiger partial charge in [-0.25, -0.2) is 4.79 Å². The summed E-state index contributed by atoms with van der Waals surface area (Å²) < 4.78 is 7.84. The Morgan fingerprint density at radius 1 is 1.04 bits per heavy atom. The minimum atomic E-state index is -1.68. The molecule has 1 aromatic carbocycles. The first-order valence-electron chi connectivity index (χ1n) is 7.73. The lowest BCUT2D eigenvalue weighted by molar-refractivity contribution is -0.129. The number of nitrogens with zero attached hydrogens (tertiary/aromatic N) is 1. The number of hydrogen-bond acceptors (Lipinski definition) is 4. The third-order valence-corrected chi connectivity index (χ3v) is 10.6. The quantitative estimate of drug-likeness (QED) is 0.237. The molecule has 0 saturated carbocycles. The summed E-state index contributed by atoms with van der Waals surface area (Å²) in [6.45, 7) is 15.5. The summed E-state index contributed by atoms with van der Waals surface area (Å²) in [4.78, 5) is 13.1. The summed E-state index contributed by atoms with van der Waals surface area (Å²) in [5.74, 6) is 0.166. The second-order valence-corrected chi connectivity index (χ2v) is 18.1. The predicted octanol–water partition coefficient (Wildman–Crippen LogP) is 4.84. The average molecular weight is 366 g/mol. The zero-order chi connectivity index (χ0) is 17.8. The number of allylic oxidation sites excluding steroid dienone is 1. The van der Waals surface area contributed by atoms with Crippen LogP contribution in [0.25, 0.3) is 0 Å². The summed E-state index contributed by atoms with van der Waals surface area (Å²) in [6.07, 6.45) is 1.56. The van der Waals surface area contributed by atoms with Gasteiger partial charge in [-0.1, -0.05) is 69.7 Å². The lowest BCUT2D eigenvalue weighted by atomic mass is 10.3. The highest BCUT2D eigenvalue weighted by Crippen LogP contribution is 2.26. The molecule has 0 amide bonds. The maximum Gasteiger partial charge on any atom is 0.338 e. The fourth-order valence-corrected chi connectivity index (χ4v) is 13.1. The van der Waals surface area contributed by atoms with Crippen LogP contribution in [0.4, 0.5) is 0 Å². The number of rotatable bonds is 6. The molecule has 1 aromatic rings. The molecule has 0 spiro atoms. The van der Waals surface area contributed by atoms with Crippen molar-refractivity contribution >= 4 is 39.5 Å². The lowest BCUT2D eigenvalue weighted by Crippen LogP contribution is -2.59. The topological polar surface area (TPSA) is 29.5 Å². The van der Waals surface area contributed by atoms with Crippen LogP contribution in [0.1, 0.15) is 6.92 Å². The van der Waals surface area contributed by atoms with Gasteiger partial charge in [0.25, 0.3) is 0 Å². The van der Waals surface area contributed by atoms with Crippen LogP contribution in [-0.4, -0.2) is 31.5 Å². The third-order valence-electron chi connectivity index (χ3n) is 3.16. The van der Waals surface area contributed by atoms with Gasteiger partial charge in [0.15, 0.2) is 0 Å². The Kier molecular flexibility index (Phi) is 6.50. The molecular weight excluding hydrogens is 338 g/mol. The van der Waals surface area contributed by atoms with E-state index < -0.39 is 16.5 Å². The zero-order valence-electron chi connectivity index (χ0n) is 15.1. The zero-order valence-corrected chi connectivity index (χ0v) is 18.0. The average Bonchev–Trinajstić information content (AvgIpc) is 2.35. The van der Waals surface area contributed by atoms with Crippen LogP contribution >= 0.6 is 12.2 Å². The van der Waals surface area contributed by atoms with Gasteiger partial charge in [0.05, 0.1) is 0 Å². The largest absolute Gasteiger partial charge is 0.423 e. The summed E-state index contributed by atoms with van der Waals surface area (Å²) in [5, 5.41) is 0. The van der Waals surface area contributed by atoms with Crippen LogP contribution in [0, 0.1) is 0 Å². The van der Waals surface area contributed by atoms with E-state index in [1.54, 1.807) is 18.2 Å². The molecule has 23 heavy (non-hydrogen) atoms. The normalized spacial score (nSPS) is 12.7. The molecule has 0 aliphatic carbocycles. The first-order valence-corrected chi connectivity index (χ1v) is 15.0. The van der Waals surface area contributed by atoms with Crippen LogP contribution in [0.15, 0.2) is 42.1 Å². The molecule has 0 aliphatic heterocycles. The first-order chi connectivity index (χ1) is 10.4. The Balaban J connectivity index is 3.18. The van der Waals surface area contributed by atoms with Crippen LogP contribution in [0.2, 0.25) is 39.3 Å². The molecule has 0 radical (unpaired) electrons. The van der Waals surface area contributed by atoms with E-state index in [0.717, 1.165) is 10.6 Å². The van der Waals surface area contributed by atoms with Gasteiger partial charge in [0.2, 0.25) is 0 Å². The molecule has 1 rings (SSSR count). The van der Waals surface area contributed by atoms with Crippen LogP contribution in [0.5, 0.6) is 5.75 Å². The minimum Gasteiger partial charge on any atom is -0.423 e. The monoisotopic (exact) mass is 365 g/mol. The number of ether oxygens (including phenoxy) is 1. The van der Waals surface area contributed by atoms with Crippen molar-refractivity contribution in [1.29, 1.82) is 0 Å². The summed E-state index contributed by atoms with van der Waals surface area (Å²) in [6, 6.07) is 9.11. The molecule has 0 aromatic heterocycles. The van der Waals surface area contributed by atoms with Crippen molar-refractivity contribution < 1.29 is 9.53 Å². The molecule has 0 fully saturated rings. The number of carbonyl (C=O) groups excluding carboxylic acids is 1. The van der Waals surface area contributed by atoms with Crippen molar-refractivity contribution in [2.24, 2.45) is 0 Å².